The first-order valence-electron chi connectivity index (χ1n) is 7.43. The van der Waals surface area contributed by atoms with Crippen molar-refractivity contribution in [2.45, 2.75) is 32.8 Å². The monoisotopic (exact) mass is 278 g/mol. The molecule has 2 heterocycles. The molecule has 2 rings (SSSR count). The Morgan fingerprint density at radius 2 is 2.25 bits per heavy atom. The van der Waals surface area contributed by atoms with Crippen LogP contribution in [0.1, 0.15) is 26.7 Å². The summed E-state index contributed by atoms with van der Waals surface area (Å²) in [5, 5.41) is 0. The summed E-state index contributed by atoms with van der Waals surface area (Å²) in [5.41, 5.74) is 0. The van der Waals surface area contributed by atoms with Gasteiger partial charge in [0, 0.05) is 40.0 Å². The Morgan fingerprint density at radius 1 is 1.45 bits per heavy atom. The van der Waals surface area contributed by atoms with E-state index in [2.05, 4.69) is 28.7 Å². The van der Waals surface area contributed by atoms with E-state index in [1.54, 1.807) is 0 Å². The minimum Gasteiger partial charge on any atom is -0.376 e. The van der Waals surface area contributed by atoms with E-state index in [0.717, 1.165) is 44.3 Å². The fourth-order valence-electron chi connectivity index (χ4n) is 2.26. The molecule has 0 N–H and O–H groups in total. The summed E-state index contributed by atoms with van der Waals surface area (Å²) in [4.78, 5) is 13.2. The molecule has 0 amide bonds. The summed E-state index contributed by atoms with van der Waals surface area (Å²) in [5.74, 6) is 2.46. The van der Waals surface area contributed by atoms with E-state index in [9.17, 15) is 0 Å². The third-order valence-electron chi connectivity index (χ3n) is 3.56. The maximum Gasteiger partial charge on any atom is 0.227 e. The van der Waals surface area contributed by atoms with Crippen molar-refractivity contribution in [1.29, 1.82) is 0 Å². The van der Waals surface area contributed by atoms with Crippen LogP contribution in [-0.4, -0.2) is 49.9 Å². The highest BCUT2D eigenvalue weighted by molar-refractivity contribution is 5.43. The molecule has 0 radical (unpaired) electrons. The third kappa shape index (κ3) is 4.07. The maximum atomic E-state index is 5.94. The van der Waals surface area contributed by atoms with E-state index >= 15 is 0 Å². The highest BCUT2D eigenvalue weighted by Gasteiger charge is 2.25. The Bertz CT molecular complexity index is 422. The molecule has 0 bridgehead atoms. The largest absolute Gasteiger partial charge is 0.376 e. The van der Waals surface area contributed by atoms with Crippen LogP contribution in [0.4, 0.5) is 11.8 Å². The second-order valence-corrected chi connectivity index (χ2v) is 6.02. The van der Waals surface area contributed by atoms with Crippen molar-refractivity contribution in [2.24, 2.45) is 5.92 Å². The summed E-state index contributed by atoms with van der Waals surface area (Å²) < 4.78 is 5.94. The summed E-state index contributed by atoms with van der Waals surface area (Å²) in [6, 6.07) is 1.93. The standard InChI is InChI=1S/C15H26N4O/c1-12(2)7-10-20-13-6-9-19(11-13)15-16-8-5-14(17-15)18(3)4/h5,8,12-13H,6-7,9-11H2,1-4H3. The van der Waals surface area contributed by atoms with Crippen molar-refractivity contribution in [3.63, 3.8) is 0 Å². The topological polar surface area (TPSA) is 41.5 Å². The van der Waals surface area contributed by atoms with Crippen molar-refractivity contribution in [2.75, 3.05) is 43.6 Å². The average Bonchev–Trinajstić information content (AvgIpc) is 2.87. The van der Waals surface area contributed by atoms with Crippen LogP contribution in [-0.2, 0) is 4.74 Å². The van der Waals surface area contributed by atoms with E-state index in [4.69, 9.17) is 4.74 Å². The second kappa shape index (κ2) is 6.88. The molecule has 0 aliphatic carbocycles. The highest BCUT2D eigenvalue weighted by Crippen LogP contribution is 2.20. The van der Waals surface area contributed by atoms with E-state index in [1.807, 2.05) is 31.3 Å². The van der Waals surface area contributed by atoms with Gasteiger partial charge in [-0.15, -0.1) is 0 Å². The first-order valence-corrected chi connectivity index (χ1v) is 7.43. The van der Waals surface area contributed by atoms with Crippen molar-refractivity contribution in [3.8, 4) is 0 Å². The zero-order valence-corrected chi connectivity index (χ0v) is 13.0. The molecule has 0 spiro atoms. The number of anilines is 2. The molecule has 112 valence electrons. The number of ether oxygens (including phenoxy) is 1. The van der Waals surface area contributed by atoms with Crippen molar-refractivity contribution < 1.29 is 4.74 Å². The van der Waals surface area contributed by atoms with Gasteiger partial charge in [0.25, 0.3) is 0 Å². The van der Waals surface area contributed by atoms with Gasteiger partial charge < -0.3 is 14.5 Å². The predicted octanol–water partition coefficient (Wildman–Crippen LogP) is 2.18. The van der Waals surface area contributed by atoms with Gasteiger partial charge in [0.05, 0.1) is 6.10 Å². The Balaban J connectivity index is 1.87. The number of aromatic nitrogens is 2. The van der Waals surface area contributed by atoms with Crippen LogP contribution in [0, 0.1) is 5.92 Å². The number of hydrogen-bond donors (Lipinski definition) is 0. The molecule has 0 saturated carbocycles. The molecule has 1 aromatic heterocycles. The predicted molar refractivity (Wildman–Crippen MR) is 82.4 cm³/mol. The smallest absolute Gasteiger partial charge is 0.227 e. The quantitative estimate of drug-likeness (QED) is 0.798. The second-order valence-electron chi connectivity index (χ2n) is 6.02. The summed E-state index contributed by atoms with van der Waals surface area (Å²) in [6.07, 6.45) is 4.34. The molecule has 0 aromatic carbocycles. The average molecular weight is 278 g/mol. The molecular formula is C15H26N4O. The molecule has 1 aliphatic rings. The van der Waals surface area contributed by atoms with Gasteiger partial charge in [-0.1, -0.05) is 13.8 Å². The van der Waals surface area contributed by atoms with Crippen LogP contribution >= 0.6 is 0 Å². The molecule has 1 aromatic rings. The van der Waals surface area contributed by atoms with E-state index in [-0.39, 0.29) is 0 Å². The third-order valence-corrected chi connectivity index (χ3v) is 3.56. The normalized spacial score (nSPS) is 18.9. The van der Waals surface area contributed by atoms with Gasteiger partial charge in [0.2, 0.25) is 5.95 Å². The van der Waals surface area contributed by atoms with Crippen LogP contribution < -0.4 is 9.80 Å². The Kier molecular flexibility index (Phi) is 5.17. The lowest BCUT2D eigenvalue weighted by molar-refractivity contribution is 0.0608. The Morgan fingerprint density at radius 3 is 2.95 bits per heavy atom. The van der Waals surface area contributed by atoms with Gasteiger partial charge in [0.1, 0.15) is 5.82 Å². The Hall–Kier alpha value is -1.36. The lowest BCUT2D eigenvalue weighted by Crippen LogP contribution is -2.25. The molecule has 1 atom stereocenters. The lowest BCUT2D eigenvalue weighted by atomic mass is 10.1. The van der Waals surface area contributed by atoms with Crippen molar-refractivity contribution in [1.82, 2.24) is 9.97 Å². The zero-order valence-electron chi connectivity index (χ0n) is 13.0. The fourth-order valence-corrected chi connectivity index (χ4v) is 2.26. The van der Waals surface area contributed by atoms with E-state index in [1.165, 1.54) is 0 Å². The van der Waals surface area contributed by atoms with E-state index in [0.29, 0.717) is 12.0 Å². The summed E-state index contributed by atoms with van der Waals surface area (Å²) in [7, 11) is 3.99. The van der Waals surface area contributed by atoms with Crippen LogP contribution in [0.25, 0.3) is 0 Å². The molecule has 1 fully saturated rings. The zero-order chi connectivity index (χ0) is 14.5. The lowest BCUT2D eigenvalue weighted by Gasteiger charge is -2.19. The number of nitrogens with zero attached hydrogens (tertiary/aromatic N) is 4. The molecule has 20 heavy (non-hydrogen) atoms. The molecule has 5 heteroatoms. The van der Waals surface area contributed by atoms with Crippen molar-refractivity contribution >= 4 is 11.8 Å². The Labute approximate surface area is 122 Å². The first kappa shape index (κ1) is 15.0. The van der Waals surface area contributed by atoms with Gasteiger partial charge in [-0.2, -0.15) is 4.98 Å². The van der Waals surface area contributed by atoms with Crippen molar-refractivity contribution in [3.05, 3.63) is 12.3 Å². The SMILES string of the molecule is CC(C)CCOC1CCN(c2nccc(N(C)C)n2)C1. The van der Waals surface area contributed by atoms with Gasteiger partial charge in [0.15, 0.2) is 0 Å². The minimum absolute atomic E-state index is 0.320. The minimum atomic E-state index is 0.320. The summed E-state index contributed by atoms with van der Waals surface area (Å²) >= 11 is 0. The van der Waals surface area contributed by atoms with Gasteiger partial charge >= 0.3 is 0 Å². The maximum absolute atomic E-state index is 5.94. The number of hydrogen-bond acceptors (Lipinski definition) is 5. The van der Waals surface area contributed by atoms with Crippen LogP contribution in [0.3, 0.4) is 0 Å². The van der Waals surface area contributed by atoms with Gasteiger partial charge in [-0.25, -0.2) is 4.98 Å². The molecular weight excluding hydrogens is 252 g/mol. The first-order chi connectivity index (χ1) is 9.56. The molecule has 1 aliphatic heterocycles. The number of rotatable bonds is 6. The van der Waals surface area contributed by atoms with Crippen LogP contribution in [0.15, 0.2) is 12.3 Å². The molecule has 5 nitrogen and oxygen atoms in total. The fraction of sp³-hybridized carbons (Fsp3) is 0.733. The highest BCUT2D eigenvalue weighted by atomic mass is 16.5. The molecule has 1 unspecified atom stereocenters. The summed E-state index contributed by atoms with van der Waals surface area (Å²) in [6.45, 7) is 7.18. The van der Waals surface area contributed by atoms with Crippen LogP contribution in [0.2, 0.25) is 0 Å². The molecule has 1 saturated heterocycles. The van der Waals surface area contributed by atoms with E-state index < -0.39 is 0 Å². The van der Waals surface area contributed by atoms with Crippen LogP contribution in [0.5, 0.6) is 0 Å². The van der Waals surface area contributed by atoms with Gasteiger partial charge in [-0.05, 0) is 24.8 Å². The van der Waals surface area contributed by atoms with Gasteiger partial charge in [-0.3, -0.25) is 0 Å².